The third-order valence-corrected chi connectivity index (χ3v) is 2.25. The van der Waals surface area contributed by atoms with Gasteiger partial charge in [-0.2, -0.15) is 4.98 Å². The van der Waals surface area contributed by atoms with Crippen molar-refractivity contribution in [1.82, 2.24) is 9.97 Å². The second kappa shape index (κ2) is 3.38. The van der Waals surface area contributed by atoms with Crippen molar-refractivity contribution in [3.8, 4) is 5.88 Å². The van der Waals surface area contributed by atoms with Crippen LogP contribution in [0.1, 0.15) is 25.2 Å². The summed E-state index contributed by atoms with van der Waals surface area (Å²) in [6.07, 6.45) is 0. The van der Waals surface area contributed by atoms with Crippen LogP contribution in [-0.4, -0.2) is 26.2 Å². The van der Waals surface area contributed by atoms with E-state index in [9.17, 15) is 14.7 Å². The number of aromatic hydroxyl groups is 1. The van der Waals surface area contributed by atoms with Gasteiger partial charge in [-0.1, -0.05) is 0 Å². The zero-order valence-electron chi connectivity index (χ0n) is 8.66. The number of carbonyl (C=O) groups is 1. The fourth-order valence-corrected chi connectivity index (χ4v) is 0.918. The number of aromatic amines is 1. The molecular weight excluding hydrogens is 200 g/mol. The Kier molecular flexibility index (Phi) is 2.53. The first-order valence-corrected chi connectivity index (χ1v) is 4.30. The third-order valence-electron chi connectivity index (χ3n) is 2.25. The summed E-state index contributed by atoms with van der Waals surface area (Å²) in [6.45, 7) is 4.18. The smallest absolute Gasteiger partial charge is 0.316 e. The van der Waals surface area contributed by atoms with Crippen LogP contribution in [0.2, 0.25) is 0 Å². The van der Waals surface area contributed by atoms with Gasteiger partial charge in [-0.25, -0.2) is 0 Å². The second-order valence-corrected chi connectivity index (χ2v) is 3.79. The number of aromatic nitrogens is 2. The third kappa shape index (κ3) is 1.83. The van der Waals surface area contributed by atoms with Crippen molar-refractivity contribution in [3.63, 3.8) is 0 Å². The number of aliphatic carboxylic acids is 1. The highest BCUT2D eigenvalue weighted by Crippen LogP contribution is 2.20. The van der Waals surface area contributed by atoms with Crippen LogP contribution in [0.3, 0.4) is 0 Å². The SMILES string of the molecule is Cc1c(O)nc(C(C)(C)C(=O)O)[nH]c1=O. The molecule has 0 fully saturated rings. The van der Waals surface area contributed by atoms with E-state index in [1.807, 2.05) is 0 Å². The summed E-state index contributed by atoms with van der Waals surface area (Å²) in [4.78, 5) is 28.1. The molecule has 1 heterocycles. The molecule has 0 amide bonds. The predicted octanol–water partition coefficient (Wildman–Crippen LogP) is 0.146. The molecule has 1 rings (SSSR count). The van der Waals surface area contributed by atoms with Gasteiger partial charge < -0.3 is 15.2 Å². The number of carboxylic acid groups (broad SMARTS) is 1. The highest BCUT2D eigenvalue weighted by Gasteiger charge is 2.33. The van der Waals surface area contributed by atoms with Gasteiger partial charge >= 0.3 is 5.97 Å². The standard InChI is InChI=1S/C9H12N2O4/c1-4-5(12)10-7(11-6(4)13)9(2,3)8(14)15/h1-3H3,(H,14,15)(H2,10,11,12,13). The summed E-state index contributed by atoms with van der Waals surface area (Å²) in [7, 11) is 0. The molecule has 0 bridgehead atoms. The van der Waals surface area contributed by atoms with Crippen LogP contribution in [0.5, 0.6) is 5.88 Å². The van der Waals surface area contributed by atoms with E-state index >= 15 is 0 Å². The molecule has 15 heavy (non-hydrogen) atoms. The maximum Gasteiger partial charge on any atom is 0.316 e. The molecule has 0 unspecified atom stereocenters. The van der Waals surface area contributed by atoms with E-state index in [2.05, 4.69) is 9.97 Å². The Morgan fingerprint density at radius 2 is 2.00 bits per heavy atom. The number of nitrogens with one attached hydrogen (secondary N) is 1. The summed E-state index contributed by atoms with van der Waals surface area (Å²) < 4.78 is 0. The van der Waals surface area contributed by atoms with Crippen LogP contribution in [0.4, 0.5) is 0 Å². The lowest BCUT2D eigenvalue weighted by Crippen LogP contribution is -2.33. The molecule has 82 valence electrons. The minimum absolute atomic E-state index is 0.0666. The normalized spacial score (nSPS) is 11.4. The first kappa shape index (κ1) is 11.2. The monoisotopic (exact) mass is 212 g/mol. The maximum absolute atomic E-state index is 11.3. The van der Waals surface area contributed by atoms with Crippen molar-refractivity contribution >= 4 is 5.97 Å². The average molecular weight is 212 g/mol. The minimum Gasteiger partial charge on any atom is -0.493 e. The van der Waals surface area contributed by atoms with Crippen molar-refractivity contribution < 1.29 is 15.0 Å². The Hall–Kier alpha value is -1.85. The molecular formula is C9H12N2O4. The van der Waals surface area contributed by atoms with Crippen molar-refractivity contribution in [2.24, 2.45) is 0 Å². The van der Waals surface area contributed by atoms with Crippen LogP contribution in [0, 0.1) is 6.92 Å². The van der Waals surface area contributed by atoms with Gasteiger partial charge in [0.05, 0.1) is 5.56 Å². The molecule has 0 aliphatic rings. The molecule has 0 aliphatic carbocycles. The predicted molar refractivity (Wildman–Crippen MR) is 51.9 cm³/mol. The lowest BCUT2D eigenvalue weighted by molar-refractivity contribution is -0.142. The van der Waals surface area contributed by atoms with Gasteiger partial charge in [0.15, 0.2) is 0 Å². The largest absolute Gasteiger partial charge is 0.493 e. The van der Waals surface area contributed by atoms with Gasteiger partial charge in [0, 0.05) is 0 Å². The van der Waals surface area contributed by atoms with Gasteiger partial charge in [0.1, 0.15) is 11.2 Å². The zero-order chi connectivity index (χ0) is 11.8. The Labute approximate surface area is 85.6 Å². The van der Waals surface area contributed by atoms with Crippen LogP contribution < -0.4 is 5.56 Å². The Morgan fingerprint density at radius 1 is 1.47 bits per heavy atom. The van der Waals surface area contributed by atoms with Gasteiger partial charge in [-0.3, -0.25) is 9.59 Å². The summed E-state index contributed by atoms with van der Waals surface area (Å²) in [6, 6.07) is 0. The summed E-state index contributed by atoms with van der Waals surface area (Å²) in [5, 5.41) is 18.2. The summed E-state index contributed by atoms with van der Waals surface area (Å²) in [5.74, 6) is -1.64. The Morgan fingerprint density at radius 3 is 2.40 bits per heavy atom. The molecule has 0 atom stereocenters. The van der Waals surface area contributed by atoms with Gasteiger partial charge in [0.25, 0.3) is 5.56 Å². The molecule has 1 aromatic heterocycles. The highest BCUT2D eigenvalue weighted by atomic mass is 16.4. The second-order valence-electron chi connectivity index (χ2n) is 3.79. The topological polar surface area (TPSA) is 103 Å². The van der Waals surface area contributed by atoms with Crippen LogP contribution in [0.15, 0.2) is 4.79 Å². The number of nitrogens with zero attached hydrogens (tertiary/aromatic N) is 1. The fraction of sp³-hybridized carbons (Fsp3) is 0.444. The van der Waals surface area contributed by atoms with E-state index in [4.69, 9.17) is 5.11 Å². The van der Waals surface area contributed by atoms with E-state index < -0.39 is 22.8 Å². The molecule has 6 heteroatoms. The molecule has 0 spiro atoms. The molecule has 0 saturated heterocycles. The number of hydrogen-bond donors (Lipinski definition) is 3. The minimum atomic E-state index is -1.34. The van der Waals surface area contributed by atoms with E-state index in [0.717, 1.165) is 0 Å². The molecule has 0 aromatic carbocycles. The number of carboxylic acids is 1. The number of hydrogen-bond acceptors (Lipinski definition) is 4. The van der Waals surface area contributed by atoms with E-state index in [1.165, 1.54) is 20.8 Å². The Bertz CT molecular complexity index is 462. The quantitative estimate of drug-likeness (QED) is 0.647. The summed E-state index contributed by atoms with van der Waals surface area (Å²) in [5.41, 5.74) is -1.81. The van der Waals surface area contributed by atoms with Crippen LogP contribution in [-0.2, 0) is 10.2 Å². The van der Waals surface area contributed by atoms with Crippen molar-refractivity contribution in [2.75, 3.05) is 0 Å². The highest BCUT2D eigenvalue weighted by molar-refractivity contribution is 5.78. The number of rotatable bonds is 2. The fourth-order valence-electron chi connectivity index (χ4n) is 0.918. The average Bonchev–Trinajstić information content (AvgIpc) is 2.13. The van der Waals surface area contributed by atoms with Crippen LogP contribution >= 0.6 is 0 Å². The lowest BCUT2D eigenvalue weighted by Gasteiger charge is -2.17. The van der Waals surface area contributed by atoms with E-state index in [1.54, 1.807) is 0 Å². The molecule has 6 nitrogen and oxygen atoms in total. The van der Waals surface area contributed by atoms with Gasteiger partial charge in [-0.05, 0) is 20.8 Å². The van der Waals surface area contributed by atoms with Crippen molar-refractivity contribution in [1.29, 1.82) is 0 Å². The maximum atomic E-state index is 11.3. The first-order chi connectivity index (χ1) is 6.76. The van der Waals surface area contributed by atoms with Gasteiger partial charge in [0.2, 0.25) is 5.88 Å². The van der Waals surface area contributed by atoms with Crippen LogP contribution in [0.25, 0.3) is 0 Å². The molecule has 1 aromatic rings. The number of H-pyrrole nitrogens is 1. The van der Waals surface area contributed by atoms with E-state index in [-0.39, 0.29) is 11.4 Å². The lowest BCUT2D eigenvalue weighted by atomic mass is 9.92. The van der Waals surface area contributed by atoms with Crippen molar-refractivity contribution in [3.05, 3.63) is 21.7 Å². The van der Waals surface area contributed by atoms with Crippen molar-refractivity contribution in [2.45, 2.75) is 26.2 Å². The summed E-state index contributed by atoms with van der Waals surface area (Å²) >= 11 is 0. The zero-order valence-corrected chi connectivity index (χ0v) is 8.66. The van der Waals surface area contributed by atoms with Gasteiger partial charge in [-0.15, -0.1) is 0 Å². The van der Waals surface area contributed by atoms with E-state index in [0.29, 0.717) is 0 Å². The molecule has 3 N–H and O–H groups in total. The molecule has 0 radical (unpaired) electrons. The first-order valence-electron chi connectivity index (χ1n) is 4.30. The molecule has 0 aliphatic heterocycles. The molecule has 0 saturated carbocycles. The Balaban J connectivity index is 3.41.